The van der Waals surface area contributed by atoms with Gasteiger partial charge in [-0.1, -0.05) is 13.8 Å². The Morgan fingerprint density at radius 3 is 2.23 bits per heavy atom. The van der Waals surface area contributed by atoms with Crippen molar-refractivity contribution < 1.29 is 18.4 Å². The highest BCUT2D eigenvalue weighted by Gasteiger charge is 2.32. The zero-order chi connectivity index (χ0) is 19.3. The first-order valence-corrected chi connectivity index (χ1v) is 9.69. The molecule has 1 aliphatic rings. The van der Waals surface area contributed by atoms with Crippen molar-refractivity contribution in [3.05, 3.63) is 29.8 Å². The van der Waals surface area contributed by atoms with Gasteiger partial charge in [0.25, 0.3) is 16.1 Å². The maximum absolute atomic E-state index is 12.5. The van der Waals surface area contributed by atoms with E-state index in [0.29, 0.717) is 18.7 Å². The number of piperazine rings is 1. The summed E-state index contributed by atoms with van der Waals surface area (Å²) in [5, 5.41) is 17.6. The molecule has 0 bridgehead atoms. The van der Waals surface area contributed by atoms with Crippen molar-refractivity contribution in [2.75, 3.05) is 31.1 Å². The second-order valence-corrected chi connectivity index (χ2v) is 8.07. The summed E-state index contributed by atoms with van der Waals surface area (Å²) in [5.74, 6) is -1.11. The highest BCUT2D eigenvalue weighted by molar-refractivity contribution is 7.87. The first kappa shape index (κ1) is 20.1. The first-order valence-electron chi connectivity index (χ1n) is 8.25. The third-order valence-electron chi connectivity index (χ3n) is 4.28. The number of benzene rings is 1. The number of rotatable bonds is 6. The average molecular weight is 381 g/mol. The fraction of sp³-hybridized carbons (Fsp3) is 0.500. The summed E-state index contributed by atoms with van der Waals surface area (Å²) in [4.78, 5) is 13.7. The van der Waals surface area contributed by atoms with E-state index in [2.05, 4.69) is 10.8 Å². The molecule has 0 aromatic heterocycles. The van der Waals surface area contributed by atoms with Gasteiger partial charge in [-0.25, -0.2) is 5.48 Å². The van der Waals surface area contributed by atoms with Gasteiger partial charge >= 0.3 is 0 Å². The Morgan fingerprint density at radius 2 is 1.77 bits per heavy atom. The summed E-state index contributed by atoms with van der Waals surface area (Å²) in [6.45, 7) is 4.88. The molecule has 2 rings (SSSR count). The zero-order valence-corrected chi connectivity index (χ0v) is 15.5. The van der Waals surface area contributed by atoms with Crippen LogP contribution in [0.2, 0.25) is 0 Å². The molecule has 26 heavy (non-hydrogen) atoms. The van der Waals surface area contributed by atoms with Crippen molar-refractivity contribution in [3.8, 4) is 6.07 Å². The molecule has 1 amide bonds. The van der Waals surface area contributed by atoms with E-state index in [4.69, 9.17) is 10.5 Å². The fourth-order valence-corrected chi connectivity index (χ4v) is 4.22. The monoisotopic (exact) mass is 381 g/mol. The molecule has 9 nitrogen and oxygen atoms in total. The number of nitrogens with zero attached hydrogens (tertiary/aromatic N) is 3. The number of carbonyl (C=O) groups is 1. The lowest BCUT2D eigenvalue weighted by Gasteiger charge is -2.36. The minimum Gasteiger partial charge on any atom is -0.369 e. The molecule has 10 heteroatoms. The summed E-state index contributed by atoms with van der Waals surface area (Å²) >= 11 is 0. The van der Waals surface area contributed by atoms with Gasteiger partial charge in [-0.05, 0) is 30.2 Å². The van der Waals surface area contributed by atoms with E-state index < -0.39 is 22.2 Å². The summed E-state index contributed by atoms with van der Waals surface area (Å²) in [7, 11) is -3.86. The van der Waals surface area contributed by atoms with Gasteiger partial charge in [-0.15, -0.1) is 0 Å². The highest BCUT2D eigenvalue weighted by Crippen LogP contribution is 2.18. The molecule has 3 N–H and O–H groups in total. The van der Waals surface area contributed by atoms with E-state index in [1.807, 2.05) is 17.0 Å². The molecular weight excluding hydrogens is 358 g/mol. The molecule has 1 aromatic carbocycles. The maximum atomic E-state index is 12.5. The van der Waals surface area contributed by atoms with E-state index in [1.54, 1.807) is 26.0 Å². The Bertz CT molecular complexity index is 765. The topological polar surface area (TPSA) is 126 Å². The number of carbonyl (C=O) groups excluding carboxylic acids is 1. The predicted octanol–water partition coefficient (Wildman–Crippen LogP) is 0.0447. The standard InChI is InChI=1S/C16H23N5O4S/c1-12(2)15(16(22)18-23)19-26(24,25)21-9-7-20(8-10-21)14-5-3-13(11-17)4-6-14/h3-6,12,15,19,23H,7-10H2,1-2H3,(H,18,22). The minimum atomic E-state index is -3.86. The molecule has 0 radical (unpaired) electrons. The van der Waals surface area contributed by atoms with Crippen LogP contribution in [0.5, 0.6) is 0 Å². The quantitative estimate of drug-likeness (QED) is 0.472. The van der Waals surface area contributed by atoms with Gasteiger partial charge in [0.1, 0.15) is 6.04 Å². The van der Waals surface area contributed by atoms with Crippen LogP contribution in [0.4, 0.5) is 5.69 Å². The van der Waals surface area contributed by atoms with Crippen molar-refractivity contribution in [1.29, 1.82) is 5.26 Å². The van der Waals surface area contributed by atoms with Crippen LogP contribution in [0.1, 0.15) is 19.4 Å². The zero-order valence-electron chi connectivity index (χ0n) is 14.7. The number of nitriles is 1. The SMILES string of the molecule is CC(C)C(NS(=O)(=O)N1CCN(c2ccc(C#N)cc2)CC1)C(=O)NO. The number of hydrogen-bond donors (Lipinski definition) is 3. The summed E-state index contributed by atoms with van der Waals surface area (Å²) < 4.78 is 28.7. The lowest BCUT2D eigenvalue weighted by atomic mass is 10.1. The molecule has 0 saturated carbocycles. The molecule has 0 spiro atoms. The van der Waals surface area contributed by atoms with Crippen LogP contribution in [0.15, 0.2) is 24.3 Å². The molecular formula is C16H23N5O4S. The molecule has 1 fully saturated rings. The van der Waals surface area contributed by atoms with Gasteiger partial charge in [-0.3, -0.25) is 10.0 Å². The Hall–Kier alpha value is -2.19. The van der Waals surface area contributed by atoms with Gasteiger partial charge in [-0.2, -0.15) is 22.7 Å². The molecule has 1 atom stereocenters. The average Bonchev–Trinajstić information content (AvgIpc) is 2.65. The van der Waals surface area contributed by atoms with E-state index >= 15 is 0 Å². The van der Waals surface area contributed by atoms with Crippen molar-refractivity contribution in [3.63, 3.8) is 0 Å². The second-order valence-electron chi connectivity index (χ2n) is 6.37. The third-order valence-corrected chi connectivity index (χ3v) is 5.87. The van der Waals surface area contributed by atoms with E-state index in [1.165, 1.54) is 9.79 Å². The normalized spacial score (nSPS) is 17.0. The fourth-order valence-electron chi connectivity index (χ4n) is 2.73. The van der Waals surface area contributed by atoms with Crippen LogP contribution in [0, 0.1) is 17.2 Å². The largest absolute Gasteiger partial charge is 0.369 e. The molecule has 0 aliphatic carbocycles. The van der Waals surface area contributed by atoms with Crippen LogP contribution in [-0.2, 0) is 15.0 Å². The number of hydroxylamine groups is 1. The second kappa shape index (κ2) is 8.46. The van der Waals surface area contributed by atoms with Gasteiger partial charge in [0.05, 0.1) is 11.6 Å². The Balaban J connectivity index is 2.01. The van der Waals surface area contributed by atoms with Crippen molar-refractivity contribution in [2.45, 2.75) is 19.9 Å². The van der Waals surface area contributed by atoms with E-state index in [0.717, 1.165) is 5.69 Å². The highest BCUT2D eigenvalue weighted by atomic mass is 32.2. The number of amides is 1. The molecule has 1 saturated heterocycles. The first-order chi connectivity index (χ1) is 12.3. The Morgan fingerprint density at radius 1 is 1.19 bits per heavy atom. The number of nitrogens with one attached hydrogen (secondary N) is 2. The molecule has 1 heterocycles. The maximum Gasteiger partial charge on any atom is 0.280 e. The lowest BCUT2D eigenvalue weighted by molar-refractivity contribution is -0.131. The summed E-state index contributed by atoms with van der Waals surface area (Å²) in [6, 6.07) is 8.12. The Labute approximate surface area is 153 Å². The molecule has 1 unspecified atom stereocenters. The smallest absolute Gasteiger partial charge is 0.280 e. The van der Waals surface area contributed by atoms with Crippen molar-refractivity contribution >= 4 is 21.8 Å². The van der Waals surface area contributed by atoms with Crippen LogP contribution in [0.25, 0.3) is 0 Å². The molecule has 142 valence electrons. The van der Waals surface area contributed by atoms with Gasteiger partial charge in [0, 0.05) is 31.9 Å². The van der Waals surface area contributed by atoms with E-state index in [9.17, 15) is 13.2 Å². The van der Waals surface area contributed by atoms with Crippen molar-refractivity contribution in [2.24, 2.45) is 5.92 Å². The van der Waals surface area contributed by atoms with E-state index in [-0.39, 0.29) is 19.0 Å². The number of anilines is 1. The van der Waals surface area contributed by atoms with Crippen LogP contribution >= 0.6 is 0 Å². The number of hydrogen-bond acceptors (Lipinski definition) is 6. The molecule has 1 aliphatic heterocycles. The van der Waals surface area contributed by atoms with Gasteiger partial charge in [0.15, 0.2) is 0 Å². The third kappa shape index (κ3) is 4.70. The van der Waals surface area contributed by atoms with Gasteiger partial charge in [0.2, 0.25) is 0 Å². The van der Waals surface area contributed by atoms with Crippen LogP contribution < -0.4 is 15.1 Å². The van der Waals surface area contributed by atoms with Gasteiger partial charge < -0.3 is 4.90 Å². The lowest BCUT2D eigenvalue weighted by Crippen LogP contribution is -2.57. The van der Waals surface area contributed by atoms with Crippen molar-refractivity contribution in [1.82, 2.24) is 14.5 Å². The van der Waals surface area contributed by atoms with Crippen LogP contribution in [0.3, 0.4) is 0 Å². The summed E-state index contributed by atoms with van der Waals surface area (Å²) in [5.41, 5.74) is 2.99. The van der Waals surface area contributed by atoms with Crippen LogP contribution in [-0.4, -0.2) is 56.1 Å². The minimum absolute atomic E-state index is 0.265. The predicted molar refractivity (Wildman–Crippen MR) is 95.6 cm³/mol. The Kier molecular flexibility index (Phi) is 6.55. The molecule has 1 aromatic rings. The summed E-state index contributed by atoms with van der Waals surface area (Å²) in [6.07, 6.45) is 0.